The fraction of sp³-hybridized carbons (Fsp3) is 0.368. The molecule has 1 saturated heterocycles. The lowest BCUT2D eigenvalue weighted by Gasteiger charge is -2.20. The highest BCUT2D eigenvalue weighted by molar-refractivity contribution is 6.30. The Bertz CT molecular complexity index is 830. The van der Waals surface area contributed by atoms with Crippen molar-refractivity contribution in [2.75, 3.05) is 25.2 Å². The number of aromatic nitrogens is 1. The van der Waals surface area contributed by atoms with Crippen molar-refractivity contribution < 1.29 is 9.53 Å². The summed E-state index contributed by atoms with van der Waals surface area (Å²) in [7, 11) is 1.60. The van der Waals surface area contributed by atoms with E-state index >= 15 is 0 Å². The van der Waals surface area contributed by atoms with Crippen molar-refractivity contribution in [1.29, 1.82) is 0 Å². The quantitative estimate of drug-likeness (QED) is 0.823. The number of amides is 1. The van der Waals surface area contributed by atoms with Gasteiger partial charge in [0.2, 0.25) is 5.91 Å². The van der Waals surface area contributed by atoms with Gasteiger partial charge in [-0.3, -0.25) is 9.59 Å². The lowest BCUT2D eigenvalue weighted by molar-refractivity contribution is -0.117. The molecule has 0 N–H and O–H groups in total. The summed E-state index contributed by atoms with van der Waals surface area (Å²) in [5.41, 5.74) is 2.19. The molecule has 1 fully saturated rings. The highest BCUT2D eigenvalue weighted by atomic mass is 35.5. The lowest BCUT2D eigenvalue weighted by Crippen LogP contribution is -2.34. The van der Waals surface area contributed by atoms with Crippen LogP contribution < -0.4 is 10.5 Å². The molecule has 0 saturated carbocycles. The minimum atomic E-state index is -0.151. The average molecular weight is 361 g/mol. The second kappa shape index (κ2) is 7.42. The van der Waals surface area contributed by atoms with Crippen LogP contribution in [0.3, 0.4) is 0 Å². The zero-order valence-electron chi connectivity index (χ0n) is 14.4. The Morgan fingerprint density at radius 3 is 2.60 bits per heavy atom. The Balaban J connectivity index is 1.90. The summed E-state index contributed by atoms with van der Waals surface area (Å²) >= 11 is 5.94. The van der Waals surface area contributed by atoms with Crippen LogP contribution in [-0.4, -0.2) is 30.7 Å². The first-order chi connectivity index (χ1) is 12.0. The number of aryl methyl sites for hydroxylation is 1. The molecule has 2 aromatic rings. The molecule has 3 rings (SSSR count). The van der Waals surface area contributed by atoms with Gasteiger partial charge in [-0.2, -0.15) is 0 Å². The summed E-state index contributed by atoms with van der Waals surface area (Å²) in [5, 5.41) is 0.671. The summed E-state index contributed by atoms with van der Waals surface area (Å²) in [5.74, 6) is 0.0424. The van der Waals surface area contributed by atoms with E-state index < -0.39 is 0 Å². The molecule has 1 aliphatic heterocycles. The van der Waals surface area contributed by atoms with Gasteiger partial charge in [0.25, 0.3) is 5.56 Å². The molecule has 1 aromatic heterocycles. The second-order valence-electron chi connectivity index (χ2n) is 6.30. The van der Waals surface area contributed by atoms with Gasteiger partial charge in [0.15, 0.2) is 0 Å². The molecular formula is C19H21ClN2O3. The fourth-order valence-corrected chi connectivity index (χ4v) is 3.36. The van der Waals surface area contributed by atoms with Gasteiger partial charge < -0.3 is 14.2 Å². The standard InChI is InChI=1S/C19H21ClN2O3/c1-13-7-8-21(9-10-25-2)19(24)18(13)22-12-15(11-17(22)23)14-3-5-16(20)6-4-14/h3-8,15H,9-12H2,1-2H3/t15-/m0/s1. The number of hydrogen-bond acceptors (Lipinski definition) is 3. The van der Waals surface area contributed by atoms with Gasteiger partial charge in [0, 0.05) is 43.8 Å². The maximum atomic E-state index is 12.8. The Hall–Kier alpha value is -2.11. The van der Waals surface area contributed by atoms with E-state index in [1.165, 1.54) is 0 Å². The summed E-state index contributed by atoms with van der Waals surface area (Å²) in [4.78, 5) is 27.0. The van der Waals surface area contributed by atoms with E-state index in [9.17, 15) is 9.59 Å². The molecule has 1 aliphatic rings. The lowest BCUT2D eigenvalue weighted by atomic mass is 9.98. The topological polar surface area (TPSA) is 51.5 Å². The molecule has 0 aliphatic carbocycles. The van der Waals surface area contributed by atoms with Gasteiger partial charge in [-0.05, 0) is 36.2 Å². The number of rotatable bonds is 5. The van der Waals surface area contributed by atoms with Crippen LogP contribution in [0, 0.1) is 6.92 Å². The van der Waals surface area contributed by atoms with Crippen molar-refractivity contribution in [2.45, 2.75) is 25.8 Å². The van der Waals surface area contributed by atoms with Gasteiger partial charge in [-0.15, -0.1) is 0 Å². The zero-order valence-corrected chi connectivity index (χ0v) is 15.1. The molecule has 0 radical (unpaired) electrons. The summed E-state index contributed by atoms with van der Waals surface area (Å²) in [6, 6.07) is 9.41. The van der Waals surface area contributed by atoms with Gasteiger partial charge in [-0.25, -0.2) is 0 Å². The van der Waals surface area contributed by atoms with E-state index in [0.29, 0.717) is 36.8 Å². The molecule has 25 heavy (non-hydrogen) atoms. The first-order valence-electron chi connectivity index (χ1n) is 8.26. The molecule has 1 atom stereocenters. The molecule has 132 valence electrons. The minimum Gasteiger partial charge on any atom is -0.383 e. The van der Waals surface area contributed by atoms with Crippen LogP contribution in [-0.2, 0) is 16.1 Å². The van der Waals surface area contributed by atoms with Crippen molar-refractivity contribution in [3.63, 3.8) is 0 Å². The predicted octanol–water partition coefficient (Wildman–Crippen LogP) is 2.98. The SMILES string of the molecule is COCCn1ccc(C)c(N2C[C@@H](c3ccc(Cl)cc3)CC2=O)c1=O. The van der Waals surface area contributed by atoms with E-state index in [2.05, 4.69) is 0 Å². The van der Waals surface area contributed by atoms with E-state index in [1.807, 2.05) is 37.3 Å². The number of carbonyl (C=O) groups is 1. The van der Waals surface area contributed by atoms with Crippen LogP contribution in [0.25, 0.3) is 0 Å². The molecule has 0 bridgehead atoms. The smallest absolute Gasteiger partial charge is 0.274 e. The molecular weight excluding hydrogens is 340 g/mol. The monoisotopic (exact) mass is 360 g/mol. The molecule has 5 nitrogen and oxygen atoms in total. The number of benzene rings is 1. The number of ether oxygens (including phenoxy) is 1. The van der Waals surface area contributed by atoms with Crippen molar-refractivity contribution >= 4 is 23.2 Å². The first-order valence-corrected chi connectivity index (χ1v) is 8.64. The van der Waals surface area contributed by atoms with E-state index in [1.54, 1.807) is 22.8 Å². The van der Waals surface area contributed by atoms with E-state index in [-0.39, 0.29) is 17.4 Å². The predicted molar refractivity (Wildman–Crippen MR) is 98.5 cm³/mol. The van der Waals surface area contributed by atoms with Crippen LogP contribution in [0.1, 0.15) is 23.5 Å². The van der Waals surface area contributed by atoms with Crippen LogP contribution in [0.15, 0.2) is 41.3 Å². The summed E-state index contributed by atoms with van der Waals surface area (Å²) < 4.78 is 6.64. The zero-order chi connectivity index (χ0) is 18.0. The number of carbonyl (C=O) groups excluding carboxylic acids is 1. The molecule has 6 heteroatoms. The molecule has 0 unspecified atom stereocenters. The van der Waals surface area contributed by atoms with Gasteiger partial charge in [0.1, 0.15) is 5.69 Å². The van der Waals surface area contributed by atoms with Crippen LogP contribution in [0.5, 0.6) is 0 Å². The molecule has 1 aromatic carbocycles. The van der Waals surface area contributed by atoms with Crippen molar-refractivity contribution in [3.05, 3.63) is 63.0 Å². The van der Waals surface area contributed by atoms with Crippen molar-refractivity contribution in [3.8, 4) is 0 Å². The number of halogens is 1. The fourth-order valence-electron chi connectivity index (χ4n) is 3.23. The number of nitrogens with zero attached hydrogens (tertiary/aromatic N) is 2. The normalized spacial score (nSPS) is 17.3. The van der Waals surface area contributed by atoms with Gasteiger partial charge in [-0.1, -0.05) is 23.7 Å². The van der Waals surface area contributed by atoms with Crippen molar-refractivity contribution in [2.24, 2.45) is 0 Å². The highest BCUT2D eigenvalue weighted by Crippen LogP contribution is 2.32. The third kappa shape index (κ3) is 3.62. The van der Waals surface area contributed by atoms with Crippen molar-refractivity contribution in [1.82, 2.24) is 4.57 Å². The minimum absolute atomic E-state index is 0.0235. The maximum absolute atomic E-state index is 12.8. The second-order valence-corrected chi connectivity index (χ2v) is 6.73. The van der Waals surface area contributed by atoms with Gasteiger partial charge >= 0.3 is 0 Å². The number of anilines is 1. The van der Waals surface area contributed by atoms with Crippen LogP contribution in [0.2, 0.25) is 5.02 Å². The third-order valence-electron chi connectivity index (χ3n) is 4.61. The molecule has 1 amide bonds. The van der Waals surface area contributed by atoms with Crippen LogP contribution >= 0.6 is 11.6 Å². The molecule has 2 heterocycles. The Labute approximate surface area is 151 Å². The highest BCUT2D eigenvalue weighted by Gasteiger charge is 2.33. The van der Waals surface area contributed by atoms with E-state index in [0.717, 1.165) is 11.1 Å². The Morgan fingerprint density at radius 1 is 1.20 bits per heavy atom. The maximum Gasteiger partial charge on any atom is 0.274 e. The summed E-state index contributed by atoms with van der Waals surface area (Å²) in [6.07, 6.45) is 2.14. The number of methoxy groups -OCH3 is 1. The Morgan fingerprint density at radius 2 is 1.92 bits per heavy atom. The van der Waals surface area contributed by atoms with Crippen LogP contribution in [0.4, 0.5) is 5.69 Å². The largest absolute Gasteiger partial charge is 0.383 e. The number of hydrogen-bond donors (Lipinski definition) is 0. The molecule has 0 spiro atoms. The van der Waals surface area contributed by atoms with Gasteiger partial charge in [0.05, 0.1) is 6.61 Å². The first kappa shape index (κ1) is 17.7. The summed E-state index contributed by atoms with van der Waals surface area (Å²) in [6.45, 7) is 3.28. The average Bonchev–Trinajstić information content (AvgIpc) is 2.97. The Kier molecular flexibility index (Phi) is 5.25. The third-order valence-corrected chi connectivity index (χ3v) is 4.87. The number of pyridine rings is 1. The van der Waals surface area contributed by atoms with E-state index in [4.69, 9.17) is 16.3 Å².